The largest absolute Gasteiger partial charge is 0.445 e. The highest BCUT2D eigenvalue weighted by Gasteiger charge is 2.29. The first kappa shape index (κ1) is 18.6. The van der Waals surface area contributed by atoms with Gasteiger partial charge in [-0.2, -0.15) is 4.68 Å². The lowest BCUT2D eigenvalue weighted by molar-refractivity contribution is 0.0784. The topological polar surface area (TPSA) is 86.1 Å². The zero-order valence-corrected chi connectivity index (χ0v) is 15.3. The van der Waals surface area contributed by atoms with Crippen LogP contribution < -0.4 is 5.32 Å². The van der Waals surface area contributed by atoms with E-state index in [1.807, 2.05) is 56.3 Å². The molecule has 0 spiro atoms. The fraction of sp³-hybridized carbons (Fsp3) is 0.300. The predicted octanol–water partition coefficient (Wildman–Crippen LogP) is 3.41. The van der Waals surface area contributed by atoms with E-state index in [-0.39, 0.29) is 18.4 Å². The van der Waals surface area contributed by atoms with E-state index in [0.717, 1.165) is 5.56 Å². The minimum atomic E-state index is -0.761. The Kier molecular flexibility index (Phi) is 5.80. The zero-order chi connectivity index (χ0) is 19.2. The van der Waals surface area contributed by atoms with Gasteiger partial charge in [0.05, 0.1) is 5.52 Å². The van der Waals surface area contributed by atoms with E-state index >= 15 is 0 Å². The van der Waals surface area contributed by atoms with Crippen LogP contribution in [0.4, 0.5) is 4.79 Å². The number of carbonyl (C=O) groups excluding carboxylic acids is 2. The number of alkyl carbamates (subject to hydrolysis) is 1. The van der Waals surface area contributed by atoms with Gasteiger partial charge in [0.15, 0.2) is 0 Å². The molecule has 0 saturated carbocycles. The number of hydrogen-bond acceptors (Lipinski definition) is 5. The molecule has 7 nitrogen and oxygen atoms in total. The number of hydrogen-bond donors (Lipinski definition) is 1. The van der Waals surface area contributed by atoms with Crippen LogP contribution in [0.25, 0.3) is 11.0 Å². The fourth-order valence-corrected chi connectivity index (χ4v) is 2.74. The van der Waals surface area contributed by atoms with Gasteiger partial charge in [0.25, 0.3) is 5.91 Å². The molecule has 1 aromatic heterocycles. The number of nitrogens with zero attached hydrogens (tertiary/aromatic N) is 3. The Morgan fingerprint density at radius 1 is 1.11 bits per heavy atom. The third-order valence-corrected chi connectivity index (χ3v) is 4.53. The van der Waals surface area contributed by atoms with E-state index in [4.69, 9.17) is 4.74 Å². The molecule has 1 heterocycles. The second-order valence-electron chi connectivity index (χ2n) is 6.40. The standard InChI is InChI=1S/C20H22N4O3/c1-3-14(2)18(21-20(26)27-13-15-9-5-4-6-10-15)19(25)24-17-12-8-7-11-16(17)22-23-24/h4-12,14,18H,3,13H2,1-2H3,(H,21,26)/t14-,18-/m0/s1. The molecule has 140 valence electrons. The summed E-state index contributed by atoms with van der Waals surface area (Å²) in [4.78, 5) is 25.3. The highest BCUT2D eigenvalue weighted by atomic mass is 16.5. The molecule has 0 fully saturated rings. The molecule has 2 aromatic carbocycles. The van der Waals surface area contributed by atoms with E-state index in [0.29, 0.717) is 17.5 Å². The SMILES string of the molecule is CC[C@H](C)[C@H](NC(=O)OCc1ccccc1)C(=O)n1nnc2ccccc21. The molecule has 0 aliphatic carbocycles. The van der Waals surface area contributed by atoms with Crippen molar-refractivity contribution in [3.63, 3.8) is 0 Å². The van der Waals surface area contributed by atoms with Crippen molar-refractivity contribution in [2.75, 3.05) is 0 Å². The van der Waals surface area contributed by atoms with E-state index in [9.17, 15) is 9.59 Å². The van der Waals surface area contributed by atoms with Crippen LogP contribution in [0.15, 0.2) is 54.6 Å². The van der Waals surface area contributed by atoms with Crippen molar-refractivity contribution in [2.45, 2.75) is 32.9 Å². The van der Waals surface area contributed by atoms with E-state index in [2.05, 4.69) is 15.6 Å². The Hall–Kier alpha value is -3.22. The summed E-state index contributed by atoms with van der Waals surface area (Å²) < 4.78 is 6.50. The Morgan fingerprint density at radius 2 is 1.81 bits per heavy atom. The summed E-state index contributed by atoms with van der Waals surface area (Å²) in [6, 6.07) is 15.8. The van der Waals surface area contributed by atoms with Crippen LogP contribution in [0.5, 0.6) is 0 Å². The van der Waals surface area contributed by atoms with Gasteiger partial charge in [0, 0.05) is 0 Å². The summed E-state index contributed by atoms with van der Waals surface area (Å²) in [6.45, 7) is 4.00. The summed E-state index contributed by atoms with van der Waals surface area (Å²) in [5.41, 5.74) is 2.11. The molecule has 0 aliphatic heterocycles. The maximum absolute atomic E-state index is 13.0. The summed E-state index contributed by atoms with van der Waals surface area (Å²) >= 11 is 0. The molecular weight excluding hydrogens is 344 g/mol. The quantitative estimate of drug-likeness (QED) is 0.722. The highest BCUT2D eigenvalue weighted by molar-refractivity contribution is 5.93. The Bertz CT molecular complexity index is 923. The van der Waals surface area contributed by atoms with Gasteiger partial charge < -0.3 is 10.1 Å². The first-order chi connectivity index (χ1) is 13.1. The molecule has 0 saturated heterocycles. The molecule has 7 heteroatoms. The highest BCUT2D eigenvalue weighted by Crippen LogP contribution is 2.15. The molecule has 27 heavy (non-hydrogen) atoms. The monoisotopic (exact) mass is 366 g/mol. The third kappa shape index (κ3) is 4.31. The molecule has 0 radical (unpaired) electrons. The van der Waals surface area contributed by atoms with Crippen molar-refractivity contribution < 1.29 is 14.3 Å². The lowest BCUT2D eigenvalue weighted by Crippen LogP contribution is -2.47. The number of para-hydroxylation sites is 1. The first-order valence-corrected chi connectivity index (χ1v) is 8.92. The summed E-state index contributed by atoms with van der Waals surface area (Å²) in [5, 5.41) is 10.7. The van der Waals surface area contributed by atoms with Crippen molar-refractivity contribution in [1.29, 1.82) is 0 Å². The summed E-state index contributed by atoms with van der Waals surface area (Å²) in [5.74, 6) is -0.431. The van der Waals surface area contributed by atoms with Gasteiger partial charge in [-0.25, -0.2) is 4.79 Å². The van der Waals surface area contributed by atoms with Gasteiger partial charge >= 0.3 is 6.09 Å². The predicted molar refractivity (Wildman–Crippen MR) is 101 cm³/mol. The Morgan fingerprint density at radius 3 is 2.56 bits per heavy atom. The molecule has 3 rings (SSSR count). The fourth-order valence-electron chi connectivity index (χ4n) is 2.74. The van der Waals surface area contributed by atoms with Crippen LogP contribution >= 0.6 is 0 Å². The number of nitrogens with one attached hydrogen (secondary N) is 1. The first-order valence-electron chi connectivity index (χ1n) is 8.92. The van der Waals surface area contributed by atoms with Gasteiger partial charge in [-0.15, -0.1) is 5.10 Å². The van der Waals surface area contributed by atoms with Gasteiger partial charge in [-0.05, 0) is 23.6 Å². The van der Waals surface area contributed by atoms with Crippen molar-refractivity contribution in [3.05, 3.63) is 60.2 Å². The van der Waals surface area contributed by atoms with Crippen LogP contribution in [0.2, 0.25) is 0 Å². The molecule has 0 unspecified atom stereocenters. The smallest absolute Gasteiger partial charge is 0.408 e. The number of benzene rings is 2. The molecule has 1 amide bonds. The van der Waals surface area contributed by atoms with Crippen LogP contribution in [0.3, 0.4) is 0 Å². The molecule has 2 atom stereocenters. The Labute approximate surface area is 157 Å². The van der Waals surface area contributed by atoms with Crippen molar-refractivity contribution in [3.8, 4) is 0 Å². The Balaban J connectivity index is 1.73. The second kappa shape index (κ2) is 8.44. The number of aromatic nitrogens is 3. The van der Waals surface area contributed by atoms with E-state index in [1.165, 1.54) is 4.68 Å². The minimum Gasteiger partial charge on any atom is -0.445 e. The maximum Gasteiger partial charge on any atom is 0.408 e. The van der Waals surface area contributed by atoms with Crippen LogP contribution in [-0.2, 0) is 11.3 Å². The number of amides is 1. The summed E-state index contributed by atoms with van der Waals surface area (Å²) in [7, 11) is 0. The van der Waals surface area contributed by atoms with Gasteiger partial charge in [-0.1, -0.05) is 67.9 Å². The molecule has 3 aromatic rings. The van der Waals surface area contributed by atoms with Crippen LogP contribution in [0, 0.1) is 5.92 Å². The number of ether oxygens (including phenoxy) is 1. The zero-order valence-electron chi connectivity index (χ0n) is 15.3. The van der Waals surface area contributed by atoms with Crippen LogP contribution in [0.1, 0.15) is 30.6 Å². The van der Waals surface area contributed by atoms with E-state index in [1.54, 1.807) is 12.1 Å². The molecular formula is C20H22N4O3. The number of fused-ring (bicyclic) bond motifs is 1. The average molecular weight is 366 g/mol. The van der Waals surface area contributed by atoms with Crippen molar-refractivity contribution in [1.82, 2.24) is 20.3 Å². The minimum absolute atomic E-state index is 0.0928. The molecule has 1 N–H and O–H groups in total. The van der Waals surface area contributed by atoms with Crippen molar-refractivity contribution >= 4 is 23.0 Å². The van der Waals surface area contributed by atoms with E-state index < -0.39 is 12.1 Å². The average Bonchev–Trinajstić information content (AvgIpc) is 3.14. The molecule has 0 bridgehead atoms. The van der Waals surface area contributed by atoms with Crippen LogP contribution in [-0.4, -0.2) is 33.0 Å². The van der Waals surface area contributed by atoms with Gasteiger partial charge in [-0.3, -0.25) is 4.79 Å². The third-order valence-electron chi connectivity index (χ3n) is 4.53. The van der Waals surface area contributed by atoms with Gasteiger partial charge in [0.2, 0.25) is 0 Å². The number of rotatable bonds is 6. The normalized spacial score (nSPS) is 13.1. The lowest BCUT2D eigenvalue weighted by Gasteiger charge is -2.22. The maximum atomic E-state index is 13.0. The second-order valence-corrected chi connectivity index (χ2v) is 6.40. The number of carbonyl (C=O) groups is 2. The van der Waals surface area contributed by atoms with Crippen molar-refractivity contribution in [2.24, 2.45) is 5.92 Å². The lowest BCUT2D eigenvalue weighted by atomic mass is 9.98. The summed E-state index contributed by atoms with van der Waals surface area (Å²) in [6.07, 6.45) is 0.0732. The molecule has 0 aliphatic rings. The van der Waals surface area contributed by atoms with Gasteiger partial charge in [0.1, 0.15) is 18.2 Å².